The molecular formula is C37H50FNO4Si. The van der Waals surface area contributed by atoms with Crippen LogP contribution in [0.15, 0.2) is 73.3 Å². The standard InChI is InChI=1S/C37H50FNO4Si/c1-10-22-39(23-11-2)30(26-42-44(8,9)37(5,6)7)24-32-27(3)35(41-25-29-18-14-12-15-19-29)33(28(4)34(32)38)36(40)43-31-20-16-13-17-21-31/h10,12-21,30H,1,11,22-26H2,2-9H3. The number of carbonyl (C=O) groups excluding carboxylic acids is 1. The second-order valence-electron chi connectivity index (χ2n) is 12.9. The first kappa shape index (κ1) is 35.2. The van der Waals surface area contributed by atoms with Crippen LogP contribution in [0.1, 0.15) is 66.7 Å². The molecule has 3 aromatic carbocycles. The average molecular weight is 620 g/mol. The van der Waals surface area contributed by atoms with E-state index in [1.54, 1.807) is 31.2 Å². The lowest BCUT2D eigenvalue weighted by Crippen LogP contribution is -2.47. The quantitative estimate of drug-likeness (QED) is 0.0735. The van der Waals surface area contributed by atoms with Crippen LogP contribution in [0.3, 0.4) is 0 Å². The van der Waals surface area contributed by atoms with Gasteiger partial charge in [0.15, 0.2) is 8.32 Å². The highest BCUT2D eigenvalue weighted by molar-refractivity contribution is 6.74. The van der Waals surface area contributed by atoms with Gasteiger partial charge in [-0.1, -0.05) is 82.3 Å². The van der Waals surface area contributed by atoms with Crippen molar-refractivity contribution in [1.29, 1.82) is 0 Å². The first-order valence-electron chi connectivity index (χ1n) is 15.5. The van der Waals surface area contributed by atoms with Crippen LogP contribution in [0.5, 0.6) is 11.5 Å². The molecule has 0 aromatic heterocycles. The van der Waals surface area contributed by atoms with E-state index < -0.39 is 20.1 Å². The normalized spacial score (nSPS) is 12.7. The van der Waals surface area contributed by atoms with Crippen molar-refractivity contribution in [1.82, 2.24) is 4.90 Å². The minimum Gasteiger partial charge on any atom is -0.488 e. The van der Waals surface area contributed by atoms with E-state index >= 15 is 4.39 Å². The highest BCUT2D eigenvalue weighted by Gasteiger charge is 2.38. The number of hydrogen-bond donors (Lipinski definition) is 0. The maximum absolute atomic E-state index is 16.5. The van der Waals surface area contributed by atoms with Gasteiger partial charge in [-0.2, -0.15) is 0 Å². The molecule has 0 heterocycles. The average Bonchev–Trinajstić information content (AvgIpc) is 2.98. The van der Waals surface area contributed by atoms with Crippen molar-refractivity contribution in [2.45, 2.75) is 85.2 Å². The Kier molecular flexibility index (Phi) is 12.5. The fourth-order valence-electron chi connectivity index (χ4n) is 4.97. The lowest BCUT2D eigenvalue weighted by Gasteiger charge is -2.39. The third kappa shape index (κ3) is 8.90. The van der Waals surface area contributed by atoms with Crippen LogP contribution in [0, 0.1) is 19.7 Å². The van der Waals surface area contributed by atoms with E-state index in [-0.39, 0.29) is 28.8 Å². The van der Waals surface area contributed by atoms with E-state index in [1.165, 1.54) is 0 Å². The van der Waals surface area contributed by atoms with Gasteiger partial charge in [0.05, 0.1) is 0 Å². The number of ether oxygens (including phenoxy) is 2. The van der Waals surface area contributed by atoms with Crippen molar-refractivity contribution in [3.05, 3.63) is 107 Å². The van der Waals surface area contributed by atoms with Crippen LogP contribution in [-0.2, 0) is 17.5 Å². The number of nitrogens with zero attached hydrogens (tertiary/aromatic N) is 1. The van der Waals surface area contributed by atoms with Crippen molar-refractivity contribution >= 4 is 14.3 Å². The zero-order valence-electron chi connectivity index (χ0n) is 27.8. The number of para-hydroxylation sites is 1. The zero-order chi connectivity index (χ0) is 32.5. The molecule has 0 radical (unpaired) electrons. The smallest absolute Gasteiger partial charge is 0.347 e. The van der Waals surface area contributed by atoms with Crippen LogP contribution in [0.2, 0.25) is 18.1 Å². The molecule has 0 amide bonds. The highest BCUT2D eigenvalue weighted by atomic mass is 28.4. The molecule has 238 valence electrons. The van der Waals surface area contributed by atoms with Crippen molar-refractivity contribution in [3.8, 4) is 11.5 Å². The van der Waals surface area contributed by atoms with Gasteiger partial charge in [-0.15, -0.1) is 6.58 Å². The molecule has 0 saturated heterocycles. The van der Waals surface area contributed by atoms with Gasteiger partial charge < -0.3 is 13.9 Å². The van der Waals surface area contributed by atoms with Crippen LogP contribution in [0.4, 0.5) is 4.39 Å². The lowest BCUT2D eigenvalue weighted by molar-refractivity contribution is 0.0727. The fraction of sp³-hybridized carbons (Fsp3) is 0.432. The minimum atomic E-state index is -2.07. The maximum Gasteiger partial charge on any atom is 0.347 e. The largest absolute Gasteiger partial charge is 0.488 e. The molecule has 7 heteroatoms. The molecule has 0 aliphatic carbocycles. The van der Waals surface area contributed by atoms with E-state index in [9.17, 15) is 4.79 Å². The molecule has 0 bridgehead atoms. The van der Waals surface area contributed by atoms with Gasteiger partial charge in [-0.05, 0) is 80.2 Å². The SMILES string of the molecule is C=CCN(CCC)C(CO[Si](C)(C)C(C)(C)C)Cc1c(C)c(OCc2ccccc2)c(C(=O)Oc2ccccc2)c(C)c1F. The monoisotopic (exact) mass is 619 g/mol. The lowest BCUT2D eigenvalue weighted by atomic mass is 9.92. The number of esters is 1. The summed E-state index contributed by atoms with van der Waals surface area (Å²) in [5, 5.41) is 0.0442. The van der Waals surface area contributed by atoms with Gasteiger partial charge >= 0.3 is 5.97 Å². The van der Waals surface area contributed by atoms with Gasteiger partial charge in [-0.25, -0.2) is 9.18 Å². The summed E-state index contributed by atoms with van der Waals surface area (Å²) in [5.74, 6) is -0.335. The van der Waals surface area contributed by atoms with Crippen LogP contribution >= 0.6 is 0 Å². The molecule has 0 aliphatic rings. The van der Waals surface area contributed by atoms with Crippen LogP contribution < -0.4 is 9.47 Å². The summed E-state index contributed by atoms with van der Waals surface area (Å²) in [6.45, 7) is 22.9. The third-order valence-corrected chi connectivity index (χ3v) is 13.1. The second kappa shape index (κ2) is 15.6. The van der Waals surface area contributed by atoms with Gasteiger partial charge in [0, 0.05) is 24.8 Å². The molecule has 0 N–H and O–H groups in total. The van der Waals surface area contributed by atoms with E-state index in [2.05, 4.69) is 52.3 Å². The Hall–Kier alpha value is -3.26. The molecule has 0 saturated carbocycles. The van der Waals surface area contributed by atoms with Crippen molar-refractivity contribution in [3.63, 3.8) is 0 Å². The zero-order valence-corrected chi connectivity index (χ0v) is 28.8. The van der Waals surface area contributed by atoms with E-state index in [1.807, 2.05) is 49.4 Å². The molecule has 5 nitrogen and oxygen atoms in total. The Morgan fingerprint density at radius 2 is 1.64 bits per heavy atom. The number of benzene rings is 3. The molecule has 1 atom stereocenters. The third-order valence-electron chi connectivity index (χ3n) is 8.65. The Balaban J connectivity index is 2.09. The molecule has 0 fully saturated rings. The van der Waals surface area contributed by atoms with Crippen LogP contribution in [0.25, 0.3) is 0 Å². The Morgan fingerprint density at radius 3 is 2.20 bits per heavy atom. The molecule has 1 unspecified atom stereocenters. The topological polar surface area (TPSA) is 48.0 Å². The Labute approximate surface area is 265 Å². The molecule has 0 spiro atoms. The number of halogens is 1. The van der Waals surface area contributed by atoms with Gasteiger partial charge in [-0.3, -0.25) is 4.90 Å². The first-order chi connectivity index (χ1) is 20.8. The molecule has 3 aromatic rings. The summed E-state index contributed by atoms with van der Waals surface area (Å²) in [6, 6.07) is 18.4. The number of carbonyl (C=O) groups is 1. The Morgan fingerprint density at radius 1 is 1.02 bits per heavy atom. The van der Waals surface area contributed by atoms with Gasteiger partial charge in [0.2, 0.25) is 0 Å². The summed E-state index contributed by atoms with van der Waals surface area (Å²) in [6.07, 6.45) is 3.23. The molecular weight excluding hydrogens is 569 g/mol. The van der Waals surface area contributed by atoms with Gasteiger partial charge in [0.25, 0.3) is 0 Å². The van der Waals surface area contributed by atoms with E-state index in [4.69, 9.17) is 13.9 Å². The maximum atomic E-state index is 16.5. The highest BCUT2D eigenvalue weighted by Crippen LogP contribution is 2.38. The van der Waals surface area contributed by atoms with Gasteiger partial charge in [0.1, 0.15) is 29.5 Å². The minimum absolute atomic E-state index is 0.0442. The van der Waals surface area contributed by atoms with E-state index in [0.717, 1.165) is 18.5 Å². The molecule has 0 aliphatic heterocycles. The summed E-state index contributed by atoms with van der Waals surface area (Å²) in [5.41, 5.74) is 2.38. The predicted molar refractivity (Wildman–Crippen MR) is 181 cm³/mol. The molecule has 3 rings (SSSR count). The molecule has 44 heavy (non-hydrogen) atoms. The Bertz CT molecular complexity index is 1390. The van der Waals surface area contributed by atoms with E-state index in [0.29, 0.717) is 42.2 Å². The first-order valence-corrected chi connectivity index (χ1v) is 18.5. The predicted octanol–water partition coefficient (Wildman–Crippen LogP) is 9.07. The van der Waals surface area contributed by atoms with Crippen molar-refractivity contribution in [2.75, 3.05) is 19.7 Å². The summed E-state index contributed by atoms with van der Waals surface area (Å²) >= 11 is 0. The number of hydrogen-bond acceptors (Lipinski definition) is 5. The summed E-state index contributed by atoms with van der Waals surface area (Å²) < 4.78 is 35.3. The fourth-order valence-corrected chi connectivity index (χ4v) is 6.01. The van der Waals surface area contributed by atoms with Crippen molar-refractivity contribution < 1.29 is 23.1 Å². The van der Waals surface area contributed by atoms with Crippen molar-refractivity contribution in [2.24, 2.45) is 0 Å². The number of rotatable bonds is 15. The van der Waals surface area contributed by atoms with Crippen LogP contribution in [-0.4, -0.2) is 44.9 Å². The summed E-state index contributed by atoms with van der Waals surface area (Å²) in [4.78, 5) is 15.9. The second-order valence-corrected chi connectivity index (χ2v) is 17.7. The summed E-state index contributed by atoms with van der Waals surface area (Å²) in [7, 11) is -2.07.